The molecule has 0 unspecified atom stereocenters. The number of aromatic nitrogens is 1. The molecule has 0 saturated carbocycles. The summed E-state index contributed by atoms with van der Waals surface area (Å²) in [4.78, 5) is 4.54. The molecule has 0 spiro atoms. The number of pyridine rings is 1. The van der Waals surface area contributed by atoms with Crippen molar-refractivity contribution in [3.8, 4) is 0 Å². The molecule has 106 valence electrons. The van der Waals surface area contributed by atoms with Crippen LogP contribution in [0, 0.1) is 6.92 Å². The lowest BCUT2D eigenvalue weighted by Gasteiger charge is -2.15. The number of aryl methyl sites for hydroxylation is 1. The van der Waals surface area contributed by atoms with Gasteiger partial charge in [0.05, 0.1) is 5.75 Å². The zero-order valence-electron chi connectivity index (χ0n) is 11.7. The number of anilines is 1. The predicted molar refractivity (Wildman–Crippen MR) is 76.9 cm³/mol. The van der Waals surface area contributed by atoms with Crippen molar-refractivity contribution in [2.75, 3.05) is 31.2 Å². The Bertz CT molecular complexity index is 557. The van der Waals surface area contributed by atoms with E-state index < -0.39 is 10.0 Å². The van der Waals surface area contributed by atoms with Crippen LogP contribution in [-0.2, 0) is 10.0 Å². The molecule has 1 aliphatic heterocycles. The Morgan fingerprint density at radius 1 is 1.47 bits per heavy atom. The summed E-state index contributed by atoms with van der Waals surface area (Å²) in [6.45, 7) is 4.80. The van der Waals surface area contributed by atoms with Crippen LogP contribution in [-0.4, -0.2) is 43.6 Å². The van der Waals surface area contributed by atoms with Gasteiger partial charge in [0, 0.05) is 43.1 Å². The summed E-state index contributed by atoms with van der Waals surface area (Å²) in [5, 5.41) is 3.11. The van der Waals surface area contributed by atoms with Crippen LogP contribution >= 0.6 is 0 Å². The van der Waals surface area contributed by atoms with E-state index in [2.05, 4.69) is 10.3 Å². The SMILES string of the molecule is CCS(=O)(=O)N1CC[C@H](c2cc(NC)cc(C)n2)C1. The molecule has 1 aromatic heterocycles. The van der Waals surface area contributed by atoms with Crippen LogP contribution in [0.3, 0.4) is 0 Å². The smallest absolute Gasteiger partial charge is 0.213 e. The Morgan fingerprint density at radius 2 is 2.21 bits per heavy atom. The van der Waals surface area contributed by atoms with E-state index in [-0.39, 0.29) is 11.7 Å². The second-order valence-corrected chi connectivity index (χ2v) is 7.17. The first-order valence-electron chi connectivity index (χ1n) is 6.60. The fraction of sp³-hybridized carbons (Fsp3) is 0.615. The zero-order valence-corrected chi connectivity index (χ0v) is 12.5. The van der Waals surface area contributed by atoms with Gasteiger partial charge >= 0.3 is 0 Å². The van der Waals surface area contributed by atoms with Gasteiger partial charge in [0.1, 0.15) is 0 Å². The molecule has 0 amide bonds. The lowest BCUT2D eigenvalue weighted by atomic mass is 10.0. The average molecular weight is 283 g/mol. The molecule has 5 nitrogen and oxygen atoms in total. The van der Waals surface area contributed by atoms with Crippen molar-refractivity contribution >= 4 is 15.7 Å². The van der Waals surface area contributed by atoms with Gasteiger partial charge in [-0.25, -0.2) is 12.7 Å². The van der Waals surface area contributed by atoms with Crippen molar-refractivity contribution in [3.05, 3.63) is 23.5 Å². The molecule has 19 heavy (non-hydrogen) atoms. The molecule has 1 aliphatic rings. The van der Waals surface area contributed by atoms with Crippen LogP contribution in [0.15, 0.2) is 12.1 Å². The third-order valence-electron chi connectivity index (χ3n) is 3.59. The summed E-state index contributed by atoms with van der Waals surface area (Å²) in [6.07, 6.45) is 0.846. The molecule has 0 aliphatic carbocycles. The molecule has 2 rings (SSSR count). The molecule has 1 saturated heterocycles. The average Bonchev–Trinajstić information content (AvgIpc) is 2.88. The summed E-state index contributed by atoms with van der Waals surface area (Å²) >= 11 is 0. The highest BCUT2D eigenvalue weighted by Gasteiger charge is 2.31. The molecule has 1 N–H and O–H groups in total. The van der Waals surface area contributed by atoms with Crippen LogP contribution in [0.5, 0.6) is 0 Å². The number of hydrogen-bond acceptors (Lipinski definition) is 4. The van der Waals surface area contributed by atoms with E-state index >= 15 is 0 Å². The highest BCUT2D eigenvalue weighted by Crippen LogP contribution is 2.29. The normalized spacial score (nSPS) is 20.7. The molecular formula is C13H21N3O2S. The monoisotopic (exact) mass is 283 g/mol. The van der Waals surface area contributed by atoms with Gasteiger partial charge < -0.3 is 5.32 Å². The predicted octanol–water partition coefficient (Wildman–Crippen LogP) is 1.57. The Hall–Kier alpha value is -1.14. The van der Waals surface area contributed by atoms with E-state index in [1.165, 1.54) is 0 Å². The first-order valence-corrected chi connectivity index (χ1v) is 8.21. The molecule has 1 atom stereocenters. The van der Waals surface area contributed by atoms with E-state index in [0.717, 1.165) is 23.5 Å². The third-order valence-corrected chi connectivity index (χ3v) is 5.44. The minimum Gasteiger partial charge on any atom is -0.388 e. The molecule has 6 heteroatoms. The van der Waals surface area contributed by atoms with E-state index in [1.54, 1.807) is 11.2 Å². The maximum atomic E-state index is 11.9. The van der Waals surface area contributed by atoms with Gasteiger partial charge in [-0.15, -0.1) is 0 Å². The number of nitrogens with one attached hydrogen (secondary N) is 1. The maximum Gasteiger partial charge on any atom is 0.213 e. The highest BCUT2D eigenvalue weighted by molar-refractivity contribution is 7.89. The quantitative estimate of drug-likeness (QED) is 0.911. The van der Waals surface area contributed by atoms with Crippen LogP contribution in [0.1, 0.15) is 30.7 Å². The van der Waals surface area contributed by atoms with Crippen molar-refractivity contribution in [2.24, 2.45) is 0 Å². The van der Waals surface area contributed by atoms with Gasteiger partial charge in [-0.3, -0.25) is 4.98 Å². The van der Waals surface area contributed by atoms with Gasteiger partial charge in [0.15, 0.2) is 0 Å². The van der Waals surface area contributed by atoms with E-state index in [9.17, 15) is 8.42 Å². The molecule has 1 aromatic rings. The summed E-state index contributed by atoms with van der Waals surface area (Å²) in [6, 6.07) is 4.00. The highest BCUT2D eigenvalue weighted by atomic mass is 32.2. The topological polar surface area (TPSA) is 62.3 Å². The molecule has 0 aromatic carbocycles. The van der Waals surface area contributed by atoms with Gasteiger partial charge in [-0.1, -0.05) is 0 Å². The zero-order chi connectivity index (χ0) is 14.0. The number of nitrogens with zero attached hydrogens (tertiary/aromatic N) is 2. The second kappa shape index (κ2) is 5.46. The molecule has 0 radical (unpaired) electrons. The fourth-order valence-electron chi connectivity index (χ4n) is 2.45. The van der Waals surface area contributed by atoms with E-state index in [1.807, 2.05) is 26.1 Å². The molecule has 0 bridgehead atoms. The molecule has 2 heterocycles. The summed E-state index contributed by atoms with van der Waals surface area (Å²) in [7, 11) is -1.20. The third kappa shape index (κ3) is 3.06. The van der Waals surface area contributed by atoms with Gasteiger partial charge in [0.2, 0.25) is 10.0 Å². The van der Waals surface area contributed by atoms with Gasteiger partial charge in [-0.2, -0.15) is 0 Å². The standard InChI is InChI=1S/C13H21N3O2S/c1-4-19(17,18)16-6-5-11(9-16)13-8-12(14-3)7-10(2)15-13/h7-8,11H,4-6,9H2,1-3H3,(H,14,15)/t11-/m0/s1. The van der Waals surface area contributed by atoms with E-state index in [4.69, 9.17) is 0 Å². The maximum absolute atomic E-state index is 11.9. The fourth-order valence-corrected chi connectivity index (χ4v) is 3.61. The van der Waals surface area contributed by atoms with Crippen molar-refractivity contribution in [2.45, 2.75) is 26.2 Å². The van der Waals surface area contributed by atoms with Crippen molar-refractivity contribution in [1.29, 1.82) is 0 Å². The number of hydrogen-bond donors (Lipinski definition) is 1. The number of sulfonamides is 1. The summed E-state index contributed by atoms with van der Waals surface area (Å²) in [5.74, 6) is 0.372. The molecule has 1 fully saturated rings. The van der Waals surface area contributed by atoms with Gasteiger partial charge in [0.25, 0.3) is 0 Å². The van der Waals surface area contributed by atoms with Crippen LogP contribution in [0.25, 0.3) is 0 Å². The Labute approximate surface area is 115 Å². The van der Waals surface area contributed by atoms with Crippen molar-refractivity contribution < 1.29 is 8.42 Å². The summed E-state index contributed by atoms with van der Waals surface area (Å²) in [5.41, 5.74) is 2.97. The Balaban J connectivity index is 2.19. The first-order chi connectivity index (χ1) is 8.96. The minimum absolute atomic E-state index is 0.169. The van der Waals surface area contributed by atoms with Crippen LogP contribution < -0.4 is 5.32 Å². The Kier molecular flexibility index (Phi) is 4.10. The first kappa shape index (κ1) is 14.3. The lowest BCUT2D eigenvalue weighted by Crippen LogP contribution is -2.30. The Morgan fingerprint density at radius 3 is 2.84 bits per heavy atom. The summed E-state index contributed by atoms with van der Waals surface area (Å²) < 4.78 is 25.3. The van der Waals surface area contributed by atoms with E-state index in [0.29, 0.717) is 13.1 Å². The lowest BCUT2D eigenvalue weighted by molar-refractivity contribution is 0.473. The van der Waals surface area contributed by atoms with Crippen LogP contribution in [0.4, 0.5) is 5.69 Å². The second-order valence-electron chi connectivity index (χ2n) is 4.92. The van der Waals surface area contributed by atoms with Crippen molar-refractivity contribution in [1.82, 2.24) is 9.29 Å². The van der Waals surface area contributed by atoms with Crippen molar-refractivity contribution in [3.63, 3.8) is 0 Å². The van der Waals surface area contributed by atoms with Crippen LogP contribution in [0.2, 0.25) is 0 Å². The minimum atomic E-state index is -3.07. The number of rotatable bonds is 4. The molecular weight excluding hydrogens is 262 g/mol. The van der Waals surface area contributed by atoms with Gasteiger partial charge in [-0.05, 0) is 32.4 Å². The largest absolute Gasteiger partial charge is 0.388 e.